The summed E-state index contributed by atoms with van der Waals surface area (Å²) in [6.07, 6.45) is 4.36. The van der Waals surface area contributed by atoms with Crippen LogP contribution in [0.15, 0.2) is 54.7 Å². The van der Waals surface area contributed by atoms with E-state index in [0.717, 1.165) is 19.3 Å². The monoisotopic (exact) mass is 406 g/mol. The van der Waals surface area contributed by atoms with Gasteiger partial charge in [0.15, 0.2) is 5.78 Å². The van der Waals surface area contributed by atoms with Crippen molar-refractivity contribution in [1.82, 2.24) is 14.9 Å². The van der Waals surface area contributed by atoms with Gasteiger partial charge in [0, 0.05) is 23.4 Å². The zero-order chi connectivity index (χ0) is 21.1. The maximum atomic E-state index is 13.6. The molecule has 4 rings (SSSR count). The molecule has 1 fully saturated rings. The first kappa shape index (κ1) is 19.8. The average molecular weight is 406 g/mol. The summed E-state index contributed by atoms with van der Waals surface area (Å²) in [5, 5.41) is 2.90. The number of hydrogen-bond donors (Lipinski definition) is 2. The van der Waals surface area contributed by atoms with Crippen LogP contribution in [-0.2, 0) is 0 Å². The SMILES string of the molecule is CC(=O)c1cccc(NC(=O)N2CCCCC2c2ncc(-c3cccc(F)c3)[nH]2)c1. The number of carbonyl (C=O) groups is 2. The summed E-state index contributed by atoms with van der Waals surface area (Å²) in [5.74, 6) is 0.319. The van der Waals surface area contributed by atoms with E-state index in [1.807, 2.05) is 6.07 Å². The summed E-state index contributed by atoms with van der Waals surface area (Å²) in [6, 6.07) is 12.8. The van der Waals surface area contributed by atoms with Gasteiger partial charge in [0.1, 0.15) is 11.6 Å². The Morgan fingerprint density at radius 1 is 1.17 bits per heavy atom. The standard InChI is InChI=1S/C23H23FN4O2/c1-15(29)16-6-5-9-19(13-16)26-23(30)28-11-3-2-10-21(28)22-25-14-20(27-22)17-7-4-8-18(24)12-17/h4-9,12-14,21H,2-3,10-11H2,1H3,(H,25,27)(H,26,30). The van der Waals surface area contributed by atoms with E-state index in [1.54, 1.807) is 41.4 Å². The highest BCUT2D eigenvalue weighted by Gasteiger charge is 2.30. The van der Waals surface area contributed by atoms with E-state index in [4.69, 9.17) is 0 Å². The number of benzene rings is 2. The van der Waals surface area contributed by atoms with Crippen molar-refractivity contribution in [2.75, 3.05) is 11.9 Å². The van der Waals surface area contributed by atoms with Crippen molar-refractivity contribution < 1.29 is 14.0 Å². The zero-order valence-corrected chi connectivity index (χ0v) is 16.7. The molecule has 0 radical (unpaired) electrons. The van der Waals surface area contributed by atoms with Crippen molar-refractivity contribution in [3.63, 3.8) is 0 Å². The minimum atomic E-state index is -0.310. The number of nitrogens with one attached hydrogen (secondary N) is 2. The van der Waals surface area contributed by atoms with Gasteiger partial charge in [-0.3, -0.25) is 4.79 Å². The molecule has 1 aliphatic heterocycles. The van der Waals surface area contributed by atoms with Gasteiger partial charge in [-0.15, -0.1) is 0 Å². The van der Waals surface area contributed by atoms with E-state index in [0.29, 0.717) is 34.9 Å². The van der Waals surface area contributed by atoms with Crippen LogP contribution in [0.5, 0.6) is 0 Å². The van der Waals surface area contributed by atoms with E-state index in [9.17, 15) is 14.0 Å². The van der Waals surface area contributed by atoms with E-state index < -0.39 is 0 Å². The Labute approximate surface area is 174 Å². The van der Waals surface area contributed by atoms with Crippen LogP contribution in [0.1, 0.15) is 48.4 Å². The molecule has 30 heavy (non-hydrogen) atoms. The number of amides is 2. The van der Waals surface area contributed by atoms with Crippen LogP contribution >= 0.6 is 0 Å². The normalized spacial score (nSPS) is 16.3. The number of H-pyrrole nitrogens is 1. The van der Waals surface area contributed by atoms with E-state index >= 15 is 0 Å². The van der Waals surface area contributed by atoms with Crippen LogP contribution in [0.25, 0.3) is 11.3 Å². The number of urea groups is 1. The summed E-state index contributed by atoms with van der Waals surface area (Å²) in [5.41, 5.74) is 2.55. The molecular weight excluding hydrogens is 383 g/mol. The second-order valence-electron chi connectivity index (χ2n) is 7.46. The first-order chi connectivity index (χ1) is 14.5. The lowest BCUT2D eigenvalue weighted by molar-refractivity contribution is 0.101. The van der Waals surface area contributed by atoms with Crippen LogP contribution < -0.4 is 5.32 Å². The molecule has 154 valence electrons. The molecule has 1 saturated heterocycles. The highest BCUT2D eigenvalue weighted by Crippen LogP contribution is 2.31. The zero-order valence-electron chi connectivity index (χ0n) is 16.7. The minimum Gasteiger partial charge on any atom is -0.340 e. The van der Waals surface area contributed by atoms with Gasteiger partial charge in [-0.05, 0) is 50.5 Å². The molecule has 0 aliphatic carbocycles. The number of aromatic amines is 1. The number of halogens is 1. The topological polar surface area (TPSA) is 78.1 Å². The van der Waals surface area contributed by atoms with Crippen molar-refractivity contribution in [3.8, 4) is 11.3 Å². The number of piperidine rings is 1. The summed E-state index contributed by atoms with van der Waals surface area (Å²) < 4.78 is 13.6. The number of nitrogens with zero attached hydrogens (tertiary/aromatic N) is 2. The lowest BCUT2D eigenvalue weighted by Crippen LogP contribution is -2.41. The second-order valence-corrected chi connectivity index (χ2v) is 7.46. The molecule has 6 nitrogen and oxygen atoms in total. The smallest absolute Gasteiger partial charge is 0.322 e. The lowest BCUT2D eigenvalue weighted by Gasteiger charge is -2.34. The molecule has 0 spiro atoms. The number of likely N-dealkylation sites (tertiary alicyclic amines) is 1. The molecule has 2 amide bonds. The number of rotatable bonds is 4. The highest BCUT2D eigenvalue weighted by molar-refractivity contribution is 5.96. The van der Waals surface area contributed by atoms with Crippen LogP contribution in [0.2, 0.25) is 0 Å². The second kappa shape index (κ2) is 8.49. The summed E-state index contributed by atoms with van der Waals surface area (Å²) >= 11 is 0. The Bertz CT molecular complexity index is 1080. The largest absolute Gasteiger partial charge is 0.340 e. The molecular formula is C23H23FN4O2. The third-order valence-corrected chi connectivity index (χ3v) is 5.33. The predicted molar refractivity (Wildman–Crippen MR) is 113 cm³/mol. The molecule has 2 N–H and O–H groups in total. The summed E-state index contributed by atoms with van der Waals surface area (Å²) in [7, 11) is 0. The van der Waals surface area contributed by atoms with Crippen LogP contribution in [-0.4, -0.2) is 33.2 Å². The fourth-order valence-corrected chi connectivity index (χ4v) is 3.78. The Hall–Kier alpha value is -3.48. The van der Waals surface area contributed by atoms with Crippen molar-refractivity contribution in [3.05, 3.63) is 71.9 Å². The van der Waals surface area contributed by atoms with Gasteiger partial charge >= 0.3 is 6.03 Å². The van der Waals surface area contributed by atoms with E-state index in [1.165, 1.54) is 19.1 Å². The number of hydrogen-bond acceptors (Lipinski definition) is 3. The number of ketones is 1. The van der Waals surface area contributed by atoms with Crippen molar-refractivity contribution in [2.45, 2.75) is 32.2 Å². The van der Waals surface area contributed by atoms with Gasteiger partial charge in [-0.1, -0.05) is 24.3 Å². The fraction of sp³-hybridized carbons (Fsp3) is 0.261. The Morgan fingerprint density at radius 2 is 2.00 bits per heavy atom. The Balaban J connectivity index is 1.54. The van der Waals surface area contributed by atoms with Crippen molar-refractivity contribution in [1.29, 1.82) is 0 Å². The predicted octanol–water partition coefficient (Wildman–Crippen LogP) is 5.18. The van der Waals surface area contributed by atoms with E-state index in [-0.39, 0.29) is 23.7 Å². The Morgan fingerprint density at radius 3 is 2.80 bits per heavy atom. The van der Waals surface area contributed by atoms with Gasteiger partial charge in [0.2, 0.25) is 0 Å². The van der Waals surface area contributed by atoms with Gasteiger partial charge in [0.05, 0.1) is 17.9 Å². The summed E-state index contributed by atoms with van der Waals surface area (Å²) in [4.78, 5) is 34.1. The molecule has 2 heterocycles. The molecule has 0 saturated carbocycles. The maximum absolute atomic E-state index is 13.6. The van der Waals surface area contributed by atoms with Crippen LogP contribution in [0, 0.1) is 5.82 Å². The average Bonchev–Trinajstić information content (AvgIpc) is 3.24. The number of imidazole rings is 1. The maximum Gasteiger partial charge on any atom is 0.322 e. The highest BCUT2D eigenvalue weighted by atomic mass is 19.1. The molecule has 1 unspecified atom stereocenters. The molecule has 3 aromatic rings. The quantitative estimate of drug-likeness (QED) is 0.586. The number of carbonyl (C=O) groups excluding carboxylic acids is 2. The molecule has 1 aliphatic rings. The fourth-order valence-electron chi connectivity index (χ4n) is 3.78. The first-order valence-electron chi connectivity index (χ1n) is 10.0. The number of aromatic nitrogens is 2. The van der Waals surface area contributed by atoms with Crippen LogP contribution in [0.3, 0.4) is 0 Å². The lowest BCUT2D eigenvalue weighted by atomic mass is 10.0. The van der Waals surface area contributed by atoms with Gasteiger partial charge in [0.25, 0.3) is 0 Å². The first-order valence-corrected chi connectivity index (χ1v) is 10.0. The van der Waals surface area contributed by atoms with Crippen LogP contribution in [0.4, 0.5) is 14.9 Å². The molecule has 2 aromatic carbocycles. The van der Waals surface area contributed by atoms with E-state index in [2.05, 4.69) is 15.3 Å². The molecule has 7 heteroatoms. The van der Waals surface area contributed by atoms with Gasteiger partial charge in [-0.2, -0.15) is 0 Å². The third-order valence-electron chi connectivity index (χ3n) is 5.33. The molecule has 0 bridgehead atoms. The van der Waals surface area contributed by atoms with Gasteiger partial charge < -0.3 is 15.2 Å². The molecule has 1 aromatic heterocycles. The number of Topliss-reactive ketones (excluding diaryl/α,β-unsaturated/α-hetero) is 1. The van der Waals surface area contributed by atoms with Crippen molar-refractivity contribution >= 4 is 17.5 Å². The Kier molecular flexibility index (Phi) is 5.61. The number of anilines is 1. The summed E-state index contributed by atoms with van der Waals surface area (Å²) in [6.45, 7) is 2.10. The van der Waals surface area contributed by atoms with Crippen molar-refractivity contribution in [2.24, 2.45) is 0 Å². The van der Waals surface area contributed by atoms with Gasteiger partial charge in [-0.25, -0.2) is 14.2 Å². The minimum absolute atomic E-state index is 0.0533. The molecule has 1 atom stereocenters. The third kappa shape index (κ3) is 4.25.